The smallest absolute Gasteiger partial charge is 0.271 e. The Hall–Kier alpha value is -4.64. The molecule has 0 heterocycles. The maximum absolute atomic E-state index is 12.8. The number of para-hydroxylation sites is 1. The number of amides is 1. The topological polar surface area (TPSA) is 114 Å². The Morgan fingerprint density at radius 1 is 1.15 bits per heavy atom. The van der Waals surface area contributed by atoms with Crippen molar-refractivity contribution in [2.24, 2.45) is 0 Å². The van der Waals surface area contributed by atoms with E-state index in [4.69, 9.17) is 9.47 Å². The van der Waals surface area contributed by atoms with E-state index in [0.29, 0.717) is 22.6 Å². The van der Waals surface area contributed by atoms with Gasteiger partial charge in [0, 0.05) is 17.7 Å². The molecule has 0 aliphatic rings. The molecule has 0 aliphatic heterocycles. The molecular weight excluding hydrogens is 422 g/mol. The highest BCUT2D eigenvalue weighted by molar-refractivity contribution is 6.10. The van der Waals surface area contributed by atoms with E-state index in [2.05, 4.69) is 5.32 Å². The second kappa shape index (κ2) is 10.6. The Bertz CT molecular complexity index is 1250. The standard InChI is InChI=1S/C25H21N3O5/c1-17-11-12-21(28(30)31)14-22(17)27-25(29)20(15-26)13-19-9-6-10-23(32-2)24(19)33-16-18-7-4-3-5-8-18/h3-14H,16H2,1-2H3,(H,27,29)/b20-13+. The van der Waals surface area contributed by atoms with Gasteiger partial charge in [-0.25, -0.2) is 0 Å². The molecule has 0 spiro atoms. The number of carbonyl (C=O) groups excluding carboxylic acids is 1. The molecule has 1 amide bonds. The highest BCUT2D eigenvalue weighted by atomic mass is 16.6. The van der Waals surface area contributed by atoms with Gasteiger partial charge in [0.15, 0.2) is 11.5 Å². The molecule has 8 nitrogen and oxygen atoms in total. The lowest BCUT2D eigenvalue weighted by Crippen LogP contribution is -2.14. The number of ether oxygens (including phenoxy) is 2. The molecule has 0 atom stereocenters. The Kier molecular flexibility index (Phi) is 7.39. The lowest BCUT2D eigenvalue weighted by Gasteiger charge is -2.14. The Labute approximate surface area is 190 Å². The van der Waals surface area contributed by atoms with Crippen LogP contribution in [0, 0.1) is 28.4 Å². The van der Waals surface area contributed by atoms with Gasteiger partial charge in [-0.1, -0.05) is 48.5 Å². The third kappa shape index (κ3) is 5.74. The number of hydrogen-bond acceptors (Lipinski definition) is 6. The van der Waals surface area contributed by atoms with Crippen LogP contribution in [0.15, 0.2) is 72.3 Å². The van der Waals surface area contributed by atoms with Gasteiger partial charge in [-0.3, -0.25) is 14.9 Å². The van der Waals surface area contributed by atoms with Gasteiger partial charge in [0.2, 0.25) is 0 Å². The van der Waals surface area contributed by atoms with Crippen LogP contribution in [0.2, 0.25) is 0 Å². The first-order valence-corrected chi connectivity index (χ1v) is 9.95. The number of nitrogens with one attached hydrogen (secondary N) is 1. The minimum absolute atomic E-state index is 0.164. The number of anilines is 1. The molecule has 3 aromatic rings. The molecule has 1 N–H and O–H groups in total. The van der Waals surface area contributed by atoms with Gasteiger partial charge >= 0.3 is 0 Å². The zero-order chi connectivity index (χ0) is 23.8. The van der Waals surface area contributed by atoms with Crippen LogP contribution >= 0.6 is 0 Å². The molecule has 0 aromatic heterocycles. The fourth-order valence-electron chi connectivity index (χ4n) is 3.04. The monoisotopic (exact) mass is 443 g/mol. The summed E-state index contributed by atoms with van der Waals surface area (Å²) in [5, 5.41) is 23.2. The van der Waals surface area contributed by atoms with Gasteiger partial charge in [0.25, 0.3) is 11.6 Å². The molecule has 8 heteroatoms. The lowest BCUT2D eigenvalue weighted by atomic mass is 10.1. The quantitative estimate of drug-likeness (QED) is 0.226. The van der Waals surface area contributed by atoms with Gasteiger partial charge < -0.3 is 14.8 Å². The zero-order valence-corrected chi connectivity index (χ0v) is 18.1. The molecule has 3 aromatic carbocycles. The molecule has 33 heavy (non-hydrogen) atoms. The summed E-state index contributed by atoms with van der Waals surface area (Å²) in [6, 6.07) is 20.7. The van der Waals surface area contributed by atoms with Crippen molar-refractivity contribution in [3.8, 4) is 17.6 Å². The van der Waals surface area contributed by atoms with E-state index in [0.717, 1.165) is 5.56 Å². The van der Waals surface area contributed by atoms with Crippen molar-refractivity contribution in [2.45, 2.75) is 13.5 Å². The summed E-state index contributed by atoms with van der Waals surface area (Å²) in [6.07, 6.45) is 1.39. The van der Waals surface area contributed by atoms with E-state index in [1.54, 1.807) is 25.1 Å². The van der Waals surface area contributed by atoms with E-state index in [1.807, 2.05) is 36.4 Å². The van der Waals surface area contributed by atoms with Crippen molar-refractivity contribution in [1.29, 1.82) is 5.26 Å². The molecular formula is C25H21N3O5. The van der Waals surface area contributed by atoms with Crippen molar-refractivity contribution in [2.75, 3.05) is 12.4 Å². The van der Waals surface area contributed by atoms with Crippen molar-refractivity contribution in [3.05, 3.63) is 99.1 Å². The van der Waals surface area contributed by atoms with E-state index >= 15 is 0 Å². The average Bonchev–Trinajstić information content (AvgIpc) is 2.83. The molecule has 3 rings (SSSR count). The van der Waals surface area contributed by atoms with E-state index in [1.165, 1.54) is 31.4 Å². The van der Waals surface area contributed by atoms with Crippen LogP contribution in [0.1, 0.15) is 16.7 Å². The highest BCUT2D eigenvalue weighted by Gasteiger charge is 2.16. The molecule has 0 saturated heterocycles. The summed E-state index contributed by atoms with van der Waals surface area (Å²) >= 11 is 0. The van der Waals surface area contributed by atoms with Crippen LogP contribution < -0.4 is 14.8 Å². The van der Waals surface area contributed by atoms with Crippen molar-refractivity contribution in [3.63, 3.8) is 0 Å². The molecule has 0 fully saturated rings. The predicted octanol–water partition coefficient (Wildman–Crippen LogP) is 5.04. The normalized spacial score (nSPS) is 10.8. The average molecular weight is 443 g/mol. The molecule has 0 bridgehead atoms. The lowest BCUT2D eigenvalue weighted by molar-refractivity contribution is -0.384. The number of nitro groups is 1. The molecule has 0 saturated carbocycles. The summed E-state index contributed by atoms with van der Waals surface area (Å²) < 4.78 is 11.4. The summed E-state index contributed by atoms with van der Waals surface area (Å²) in [7, 11) is 1.50. The molecule has 0 unspecified atom stereocenters. The first-order valence-electron chi connectivity index (χ1n) is 9.95. The third-order valence-electron chi connectivity index (χ3n) is 4.80. The van der Waals surface area contributed by atoms with Gasteiger partial charge in [0.1, 0.15) is 18.2 Å². The van der Waals surface area contributed by atoms with Crippen molar-refractivity contribution in [1.82, 2.24) is 0 Å². The van der Waals surface area contributed by atoms with Crippen LogP contribution in [0.25, 0.3) is 6.08 Å². The Morgan fingerprint density at radius 2 is 1.91 bits per heavy atom. The molecule has 0 radical (unpaired) electrons. The number of non-ortho nitro benzene ring substituents is 1. The number of aryl methyl sites for hydroxylation is 1. The summed E-state index contributed by atoms with van der Waals surface area (Å²) in [5.41, 5.74) is 1.94. The fourth-order valence-corrected chi connectivity index (χ4v) is 3.04. The van der Waals surface area contributed by atoms with Gasteiger partial charge in [-0.05, 0) is 30.2 Å². The van der Waals surface area contributed by atoms with Crippen LogP contribution in [0.4, 0.5) is 11.4 Å². The predicted molar refractivity (Wildman–Crippen MR) is 124 cm³/mol. The highest BCUT2D eigenvalue weighted by Crippen LogP contribution is 2.33. The van der Waals surface area contributed by atoms with E-state index < -0.39 is 10.8 Å². The third-order valence-corrected chi connectivity index (χ3v) is 4.80. The van der Waals surface area contributed by atoms with Crippen LogP contribution in [0.3, 0.4) is 0 Å². The number of hydrogen-bond donors (Lipinski definition) is 1. The maximum Gasteiger partial charge on any atom is 0.271 e. The second-order valence-electron chi connectivity index (χ2n) is 7.03. The first-order chi connectivity index (χ1) is 15.9. The van der Waals surface area contributed by atoms with Crippen LogP contribution in [-0.2, 0) is 11.4 Å². The minimum atomic E-state index is -0.696. The molecule has 166 valence electrons. The SMILES string of the molecule is COc1cccc(/C=C(\C#N)C(=O)Nc2cc([N+](=O)[O-])ccc2C)c1OCc1ccccc1. The van der Waals surface area contributed by atoms with Crippen LogP contribution in [-0.4, -0.2) is 17.9 Å². The number of methoxy groups -OCH3 is 1. The number of nitrogens with zero attached hydrogens (tertiary/aromatic N) is 2. The van der Waals surface area contributed by atoms with E-state index in [9.17, 15) is 20.2 Å². The fraction of sp³-hybridized carbons (Fsp3) is 0.120. The number of nitro benzene ring substituents is 1. The van der Waals surface area contributed by atoms with E-state index in [-0.39, 0.29) is 23.6 Å². The number of carbonyl (C=O) groups is 1. The van der Waals surface area contributed by atoms with Crippen LogP contribution in [0.5, 0.6) is 11.5 Å². The summed E-state index contributed by atoms with van der Waals surface area (Å²) in [6.45, 7) is 1.97. The van der Waals surface area contributed by atoms with Crippen molar-refractivity contribution < 1.29 is 19.2 Å². The second-order valence-corrected chi connectivity index (χ2v) is 7.03. The number of benzene rings is 3. The van der Waals surface area contributed by atoms with Gasteiger partial charge in [-0.2, -0.15) is 5.26 Å². The number of nitriles is 1. The van der Waals surface area contributed by atoms with Crippen molar-refractivity contribution >= 4 is 23.4 Å². The van der Waals surface area contributed by atoms with Gasteiger partial charge in [0.05, 0.1) is 17.7 Å². The summed E-state index contributed by atoms with van der Waals surface area (Å²) in [5.74, 6) is 0.140. The molecule has 0 aliphatic carbocycles. The maximum atomic E-state index is 12.8. The Morgan fingerprint density at radius 3 is 2.58 bits per heavy atom. The summed E-state index contributed by atoms with van der Waals surface area (Å²) in [4.78, 5) is 23.3. The van der Waals surface area contributed by atoms with Gasteiger partial charge in [-0.15, -0.1) is 0 Å². The Balaban J connectivity index is 1.90. The number of rotatable bonds is 8. The zero-order valence-electron chi connectivity index (χ0n) is 18.1. The largest absolute Gasteiger partial charge is 0.493 e. The minimum Gasteiger partial charge on any atom is -0.493 e. The first kappa shape index (κ1) is 23.0.